The van der Waals surface area contributed by atoms with E-state index in [0.717, 1.165) is 37.4 Å². The minimum Gasteiger partial charge on any atom is -0.489 e. The number of rotatable bonds is 7. The van der Waals surface area contributed by atoms with E-state index in [1.54, 1.807) is 6.07 Å². The van der Waals surface area contributed by atoms with Gasteiger partial charge in [0.05, 0.1) is 6.10 Å². The first-order chi connectivity index (χ1) is 11.8. The van der Waals surface area contributed by atoms with Gasteiger partial charge in [0.1, 0.15) is 18.2 Å². The molecule has 1 saturated heterocycles. The number of benzene rings is 2. The van der Waals surface area contributed by atoms with Crippen LogP contribution in [-0.2, 0) is 17.9 Å². The zero-order valence-electron chi connectivity index (χ0n) is 13.8. The summed E-state index contributed by atoms with van der Waals surface area (Å²) >= 11 is 0. The van der Waals surface area contributed by atoms with E-state index >= 15 is 0 Å². The Bertz CT molecular complexity index is 624. The van der Waals surface area contributed by atoms with Gasteiger partial charge in [-0.05, 0) is 54.7 Å². The summed E-state index contributed by atoms with van der Waals surface area (Å²) in [6.45, 7) is 2.99. The number of hydrogen-bond acceptors (Lipinski definition) is 3. The van der Waals surface area contributed by atoms with E-state index in [1.807, 2.05) is 18.2 Å². The van der Waals surface area contributed by atoms with E-state index in [1.165, 1.54) is 30.5 Å². The zero-order valence-corrected chi connectivity index (χ0v) is 13.8. The van der Waals surface area contributed by atoms with E-state index in [0.29, 0.717) is 12.7 Å². The second kappa shape index (κ2) is 8.81. The summed E-state index contributed by atoms with van der Waals surface area (Å²) in [5, 5.41) is 3.45. The van der Waals surface area contributed by atoms with E-state index in [2.05, 4.69) is 17.4 Å². The molecule has 0 bridgehead atoms. The highest BCUT2D eigenvalue weighted by molar-refractivity contribution is 5.27. The lowest BCUT2D eigenvalue weighted by molar-refractivity contribution is 0.0168. The van der Waals surface area contributed by atoms with Crippen LogP contribution in [0, 0.1) is 5.82 Å². The Hall–Kier alpha value is -1.91. The van der Waals surface area contributed by atoms with Crippen LogP contribution < -0.4 is 10.1 Å². The smallest absolute Gasteiger partial charge is 0.123 e. The third kappa shape index (κ3) is 5.32. The molecule has 0 radical (unpaired) electrons. The Morgan fingerprint density at radius 1 is 1.08 bits per heavy atom. The molecule has 3 nitrogen and oxygen atoms in total. The van der Waals surface area contributed by atoms with Crippen molar-refractivity contribution < 1.29 is 13.9 Å². The molecule has 1 aliphatic heterocycles. The SMILES string of the molecule is Fc1cccc(COc2ccc(CNC[C@H]3CCCCO3)cc2)c1. The van der Waals surface area contributed by atoms with Gasteiger partial charge in [-0.3, -0.25) is 0 Å². The minimum absolute atomic E-state index is 0.237. The van der Waals surface area contributed by atoms with Crippen LogP contribution >= 0.6 is 0 Å². The van der Waals surface area contributed by atoms with Crippen molar-refractivity contribution in [3.05, 3.63) is 65.5 Å². The van der Waals surface area contributed by atoms with Crippen molar-refractivity contribution in [2.24, 2.45) is 0 Å². The topological polar surface area (TPSA) is 30.5 Å². The molecular weight excluding hydrogens is 305 g/mol. The van der Waals surface area contributed by atoms with Crippen LogP contribution in [0.2, 0.25) is 0 Å². The summed E-state index contributed by atoms with van der Waals surface area (Å²) in [7, 11) is 0. The van der Waals surface area contributed by atoms with Crippen molar-refractivity contribution in [2.75, 3.05) is 13.2 Å². The summed E-state index contributed by atoms with van der Waals surface area (Å²) in [4.78, 5) is 0. The fraction of sp³-hybridized carbons (Fsp3) is 0.400. The van der Waals surface area contributed by atoms with Gasteiger partial charge in [-0.25, -0.2) is 4.39 Å². The third-order valence-electron chi connectivity index (χ3n) is 4.19. The zero-order chi connectivity index (χ0) is 16.6. The van der Waals surface area contributed by atoms with Gasteiger partial charge >= 0.3 is 0 Å². The van der Waals surface area contributed by atoms with E-state index in [9.17, 15) is 4.39 Å². The van der Waals surface area contributed by atoms with Crippen molar-refractivity contribution in [1.29, 1.82) is 0 Å². The molecule has 2 aromatic rings. The first-order valence-corrected chi connectivity index (χ1v) is 8.58. The summed E-state index contributed by atoms with van der Waals surface area (Å²) < 4.78 is 24.5. The molecule has 0 spiro atoms. The van der Waals surface area contributed by atoms with Crippen LogP contribution in [0.5, 0.6) is 5.75 Å². The van der Waals surface area contributed by atoms with Gasteiger partial charge in [-0.1, -0.05) is 24.3 Å². The van der Waals surface area contributed by atoms with Crippen LogP contribution in [0.25, 0.3) is 0 Å². The van der Waals surface area contributed by atoms with Gasteiger partial charge in [0.15, 0.2) is 0 Å². The van der Waals surface area contributed by atoms with Gasteiger partial charge in [0.2, 0.25) is 0 Å². The van der Waals surface area contributed by atoms with Gasteiger partial charge < -0.3 is 14.8 Å². The molecule has 4 heteroatoms. The third-order valence-corrected chi connectivity index (χ3v) is 4.19. The Morgan fingerprint density at radius 2 is 1.96 bits per heavy atom. The average Bonchev–Trinajstić information content (AvgIpc) is 2.62. The lowest BCUT2D eigenvalue weighted by Crippen LogP contribution is -2.31. The first kappa shape index (κ1) is 16.9. The summed E-state index contributed by atoms with van der Waals surface area (Å²) in [5.41, 5.74) is 2.04. The lowest BCUT2D eigenvalue weighted by atomic mass is 10.1. The number of halogens is 1. The van der Waals surface area contributed by atoms with E-state index < -0.39 is 0 Å². The molecule has 1 fully saturated rings. The average molecular weight is 329 g/mol. The summed E-state index contributed by atoms with van der Waals surface area (Å²) in [5.74, 6) is 0.554. The molecule has 24 heavy (non-hydrogen) atoms. The number of ether oxygens (including phenoxy) is 2. The highest BCUT2D eigenvalue weighted by Crippen LogP contribution is 2.15. The molecule has 1 aliphatic rings. The summed E-state index contributed by atoms with van der Waals surface area (Å²) in [6, 6.07) is 14.5. The van der Waals surface area contributed by atoms with Gasteiger partial charge in [0.25, 0.3) is 0 Å². The van der Waals surface area contributed by atoms with Crippen LogP contribution in [0.1, 0.15) is 30.4 Å². The number of nitrogens with one attached hydrogen (secondary N) is 1. The van der Waals surface area contributed by atoms with Gasteiger partial charge in [0, 0.05) is 19.7 Å². The molecule has 1 N–H and O–H groups in total. The van der Waals surface area contributed by atoms with Gasteiger partial charge in [-0.2, -0.15) is 0 Å². The molecule has 1 atom stereocenters. The minimum atomic E-state index is -0.237. The van der Waals surface area contributed by atoms with Crippen LogP contribution in [-0.4, -0.2) is 19.3 Å². The molecule has 3 rings (SSSR count). The molecule has 2 aromatic carbocycles. The molecule has 128 valence electrons. The maximum atomic E-state index is 13.1. The quantitative estimate of drug-likeness (QED) is 0.831. The maximum Gasteiger partial charge on any atom is 0.123 e. The largest absolute Gasteiger partial charge is 0.489 e. The van der Waals surface area contributed by atoms with Crippen LogP contribution in [0.3, 0.4) is 0 Å². The maximum absolute atomic E-state index is 13.1. The second-order valence-corrected chi connectivity index (χ2v) is 6.18. The van der Waals surface area contributed by atoms with E-state index in [-0.39, 0.29) is 5.82 Å². The fourth-order valence-electron chi connectivity index (χ4n) is 2.84. The number of hydrogen-bond donors (Lipinski definition) is 1. The Labute approximate surface area is 142 Å². The van der Waals surface area contributed by atoms with E-state index in [4.69, 9.17) is 9.47 Å². The highest BCUT2D eigenvalue weighted by atomic mass is 19.1. The molecule has 0 amide bonds. The van der Waals surface area contributed by atoms with Crippen molar-refractivity contribution in [1.82, 2.24) is 5.32 Å². The van der Waals surface area contributed by atoms with Gasteiger partial charge in [-0.15, -0.1) is 0 Å². The van der Waals surface area contributed by atoms with Crippen molar-refractivity contribution >= 4 is 0 Å². The molecule has 0 saturated carbocycles. The normalized spacial score (nSPS) is 17.6. The molecule has 0 aromatic heterocycles. The predicted octanol–water partition coefficient (Wildman–Crippen LogP) is 4.06. The standard InChI is InChI=1S/C20H24FNO2/c21-18-5-3-4-17(12-18)15-24-19-9-7-16(8-10-19)13-22-14-20-6-1-2-11-23-20/h3-5,7-10,12,20,22H,1-2,6,11,13-15H2/t20-/m1/s1. The van der Waals surface area contributed by atoms with Crippen molar-refractivity contribution in [3.8, 4) is 5.75 Å². The van der Waals surface area contributed by atoms with Crippen LogP contribution in [0.4, 0.5) is 4.39 Å². The Balaban J connectivity index is 1.41. The Kier molecular flexibility index (Phi) is 6.21. The van der Waals surface area contributed by atoms with Crippen molar-refractivity contribution in [2.45, 2.75) is 38.5 Å². The van der Waals surface area contributed by atoms with Crippen molar-refractivity contribution in [3.63, 3.8) is 0 Å². The highest BCUT2D eigenvalue weighted by Gasteiger charge is 2.12. The lowest BCUT2D eigenvalue weighted by Gasteiger charge is -2.22. The monoisotopic (exact) mass is 329 g/mol. The molecular formula is C20H24FNO2. The molecule has 0 aliphatic carbocycles. The second-order valence-electron chi connectivity index (χ2n) is 6.18. The summed E-state index contributed by atoms with van der Waals surface area (Å²) in [6.07, 6.45) is 3.96. The Morgan fingerprint density at radius 3 is 2.71 bits per heavy atom. The molecule has 0 unspecified atom stereocenters. The first-order valence-electron chi connectivity index (χ1n) is 8.58. The fourth-order valence-corrected chi connectivity index (χ4v) is 2.84. The molecule has 1 heterocycles. The predicted molar refractivity (Wildman–Crippen MR) is 92.5 cm³/mol. The van der Waals surface area contributed by atoms with Crippen LogP contribution in [0.15, 0.2) is 48.5 Å².